The zero-order chi connectivity index (χ0) is 15.2. The molecule has 1 saturated heterocycles. The Morgan fingerprint density at radius 1 is 1.48 bits per heavy atom. The van der Waals surface area contributed by atoms with E-state index in [1.807, 2.05) is 6.07 Å². The second kappa shape index (κ2) is 6.72. The summed E-state index contributed by atoms with van der Waals surface area (Å²) < 4.78 is 10.5. The molecule has 7 nitrogen and oxygen atoms in total. The fraction of sp³-hybridized carbons (Fsp3) is 0.357. The van der Waals surface area contributed by atoms with Crippen molar-refractivity contribution in [1.82, 2.24) is 4.90 Å². The molecule has 0 saturated carbocycles. The normalized spacial score (nSPS) is 17.9. The van der Waals surface area contributed by atoms with Crippen LogP contribution in [0.25, 0.3) is 0 Å². The first-order valence-corrected chi connectivity index (χ1v) is 6.42. The summed E-state index contributed by atoms with van der Waals surface area (Å²) >= 11 is 0. The average Bonchev–Trinajstić information content (AvgIpc) is 2.52. The van der Waals surface area contributed by atoms with Gasteiger partial charge in [0.25, 0.3) is 5.91 Å². The number of benzene rings is 1. The van der Waals surface area contributed by atoms with Gasteiger partial charge in [-0.05, 0) is 12.1 Å². The molecule has 2 rings (SSSR count). The fourth-order valence-corrected chi connectivity index (χ4v) is 2.05. The maximum atomic E-state index is 12.1. The minimum Gasteiger partial charge on any atom is -0.482 e. The molecule has 0 radical (unpaired) electrons. The van der Waals surface area contributed by atoms with Crippen LogP contribution >= 0.6 is 0 Å². The van der Waals surface area contributed by atoms with Gasteiger partial charge in [0.1, 0.15) is 17.9 Å². The lowest BCUT2D eigenvalue weighted by Gasteiger charge is -2.33. The van der Waals surface area contributed by atoms with Crippen molar-refractivity contribution in [3.8, 4) is 11.8 Å². The van der Waals surface area contributed by atoms with Crippen LogP contribution in [0.3, 0.4) is 0 Å². The number of amides is 2. The zero-order valence-electron chi connectivity index (χ0n) is 11.3. The molecule has 1 atom stereocenters. The average molecular weight is 289 g/mol. The van der Waals surface area contributed by atoms with Crippen molar-refractivity contribution < 1.29 is 19.1 Å². The number of carbonyl (C=O) groups excluding carboxylic acids is 2. The molecule has 0 aliphatic carbocycles. The van der Waals surface area contributed by atoms with Crippen LogP contribution in [0.5, 0.6) is 5.75 Å². The molecule has 0 aromatic heterocycles. The van der Waals surface area contributed by atoms with Crippen LogP contribution in [0.15, 0.2) is 24.3 Å². The Balaban J connectivity index is 2.01. The molecule has 21 heavy (non-hydrogen) atoms. The van der Waals surface area contributed by atoms with E-state index in [4.69, 9.17) is 20.5 Å². The topological polar surface area (TPSA) is 106 Å². The van der Waals surface area contributed by atoms with E-state index in [1.165, 1.54) is 4.90 Å². The molecule has 1 unspecified atom stereocenters. The summed E-state index contributed by atoms with van der Waals surface area (Å²) in [6.45, 7) is 0.471. The summed E-state index contributed by atoms with van der Waals surface area (Å²) in [7, 11) is 0. The molecule has 1 aromatic carbocycles. The first-order valence-electron chi connectivity index (χ1n) is 6.42. The van der Waals surface area contributed by atoms with Gasteiger partial charge in [0.05, 0.1) is 18.8 Å². The number of hydrogen-bond acceptors (Lipinski definition) is 5. The van der Waals surface area contributed by atoms with Crippen molar-refractivity contribution in [1.29, 1.82) is 5.26 Å². The number of carbonyl (C=O) groups is 2. The van der Waals surface area contributed by atoms with Gasteiger partial charge in [0.15, 0.2) is 6.61 Å². The quantitative estimate of drug-likeness (QED) is 0.815. The Bertz CT molecular complexity index is 582. The van der Waals surface area contributed by atoms with Crippen molar-refractivity contribution in [2.45, 2.75) is 6.04 Å². The van der Waals surface area contributed by atoms with Crippen LogP contribution < -0.4 is 10.5 Å². The van der Waals surface area contributed by atoms with Crippen LogP contribution in [0.2, 0.25) is 0 Å². The highest BCUT2D eigenvalue weighted by Gasteiger charge is 2.31. The largest absolute Gasteiger partial charge is 0.482 e. The van der Waals surface area contributed by atoms with E-state index in [2.05, 4.69) is 0 Å². The summed E-state index contributed by atoms with van der Waals surface area (Å²) in [5, 5.41) is 8.94. The highest BCUT2D eigenvalue weighted by molar-refractivity contribution is 5.87. The Morgan fingerprint density at radius 2 is 2.24 bits per heavy atom. The van der Waals surface area contributed by atoms with Gasteiger partial charge in [-0.15, -0.1) is 0 Å². The number of para-hydroxylation sites is 1. The third-order valence-electron chi connectivity index (χ3n) is 3.14. The summed E-state index contributed by atoms with van der Waals surface area (Å²) in [6, 6.07) is 7.83. The van der Waals surface area contributed by atoms with Gasteiger partial charge in [0.2, 0.25) is 5.91 Å². The minimum absolute atomic E-state index is 0.0931. The van der Waals surface area contributed by atoms with Crippen LogP contribution in [-0.4, -0.2) is 49.1 Å². The summed E-state index contributed by atoms with van der Waals surface area (Å²) in [5.74, 6) is -0.646. The lowest BCUT2D eigenvalue weighted by Crippen LogP contribution is -2.55. The zero-order valence-corrected chi connectivity index (χ0v) is 11.3. The molecule has 2 amide bonds. The summed E-state index contributed by atoms with van der Waals surface area (Å²) in [5.41, 5.74) is 5.60. The van der Waals surface area contributed by atoms with E-state index in [-0.39, 0.29) is 25.7 Å². The molecular weight excluding hydrogens is 274 g/mol. The van der Waals surface area contributed by atoms with Crippen LogP contribution in [-0.2, 0) is 14.3 Å². The molecule has 1 heterocycles. The van der Waals surface area contributed by atoms with Crippen molar-refractivity contribution in [2.75, 3.05) is 26.4 Å². The van der Waals surface area contributed by atoms with E-state index < -0.39 is 11.9 Å². The smallest absolute Gasteiger partial charge is 0.261 e. The van der Waals surface area contributed by atoms with Crippen molar-refractivity contribution in [3.05, 3.63) is 29.8 Å². The SMILES string of the molecule is N#Cc1ccccc1OCC(=O)N1CCOCC1C(N)=O. The predicted molar refractivity (Wildman–Crippen MR) is 72.2 cm³/mol. The van der Waals surface area contributed by atoms with Gasteiger partial charge in [-0.1, -0.05) is 12.1 Å². The highest BCUT2D eigenvalue weighted by atomic mass is 16.5. The Morgan fingerprint density at radius 3 is 2.95 bits per heavy atom. The molecule has 2 N–H and O–H groups in total. The minimum atomic E-state index is -0.777. The van der Waals surface area contributed by atoms with Crippen molar-refractivity contribution >= 4 is 11.8 Å². The van der Waals surface area contributed by atoms with E-state index in [9.17, 15) is 9.59 Å². The monoisotopic (exact) mass is 289 g/mol. The van der Waals surface area contributed by atoms with Crippen LogP contribution in [0.1, 0.15) is 5.56 Å². The number of nitrogens with two attached hydrogens (primary N) is 1. The van der Waals surface area contributed by atoms with Gasteiger partial charge in [0, 0.05) is 6.54 Å². The molecule has 1 fully saturated rings. The standard InChI is InChI=1S/C14H15N3O4/c15-7-10-3-1-2-4-12(10)21-9-13(18)17-5-6-20-8-11(17)14(16)19/h1-4,11H,5-6,8-9H2,(H2,16,19). The van der Waals surface area contributed by atoms with E-state index in [1.54, 1.807) is 24.3 Å². The van der Waals surface area contributed by atoms with E-state index in [0.717, 1.165) is 0 Å². The third kappa shape index (κ3) is 3.49. The van der Waals surface area contributed by atoms with Gasteiger partial charge in [-0.2, -0.15) is 5.26 Å². The Hall–Kier alpha value is -2.59. The van der Waals surface area contributed by atoms with Crippen molar-refractivity contribution in [2.24, 2.45) is 5.73 Å². The fourth-order valence-electron chi connectivity index (χ4n) is 2.05. The summed E-state index contributed by atoms with van der Waals surface area (Å²) in [6.07, 6.45) is 0. The lowest BCUT2D eigenvalue weighted by atomic mass is 10.2. The van der Waals surface area contributed by atoms with Gasteiger partial charge in [-0.3, -0.25) is 9.59 Å². The van der Waals surface area contributed by atoms with E-state index >= 15 is 0 Å². The number of primary amides is 1. The van der Waals surface area contributed by atoms with Crippen LogP contribution in [0.4, 0.5) is 0 Å². The maximum absolute atomic E-state index is 12.1. The third-order valence-corrected chi connectivity index (χ3v) is 3.14. The first-order chi connectivity index (χ1) is 10.1. The molecule has 7 heteroatoms. The maximum Gasteiger partial charge on any atom is 0.261 e. The molecule has 1 aliphatic heterocycles. The van der Waals surface area contributed by atoms with E-state index in [0.29, 0.717) is 17.9 Å². The molecule has 1 aliphatic rings. The first kappa shape index (κ1) is 14.8. The van der Waals surface area contributed by atoms with Gasteiger partial charge >= 0.3 is 0 Å². The number of rotatable bonds is 4. The summed E-state index contributed by atoms with van der Waals surface area (Å²) in [4.78, 5) is 24.8. The molecule has 1 aromatic rings. The van der Waals surface area contributed by atoms with Gasteiger partial charge in [-0.25, -0.2) is 0 Å². The number of nitrogens with zero attached hydrogens (tertiary/aromatic N) is 2. The Kier molecular flexibility index (Phi) is 4.74. The number of nitriles is 1. The number of morpholine rings is 1. The Labute approximate surface area is 121 Å². The number of ether oxygens (including phenoxy) is 2. The molecule has 0 bridgehead atoms. The second-order valence-electron chi connectivity index (χ2n) is 4.48. The van der Waals surface area contributed by atoms with Gasteiger partial charge < -0.3 is 20.1 Å². The second-order valence-corrected chi connectivity index (χ2v) is 4.48. The van der Waals surface area contributed by atoms with Crippen molar-refractivity contribution in [3.63, 3.8) is 0 Å². The molecule has 0 spiro atoms. The molecule has 110 valence electrons. The predicted octanol–water partition coefficient (Wildman–Crippen LogP) is -0.350. The molecular formula is C14H15N3O4. The lowest BCUT2D eigenvalue weighted by molar-refractivity contribution is -0.148. The number of hydrogen-bond donors (Lipinski definition) is 1. The van der Waals surface area contributed by atoms with Crippen LogP contribution in [0, 0.1) is 11.3 Å². The highest BCUT2D eigenvalue weighted by Crippen LogP contribution is 2.17.